The Hall–Kier alpha value is -2.03. The SMILES string of the molecule is C.CN1CCC[C@H]1c1cccnc1.O=CO[C@H](O)[C@@H](O)C(=O)O. The average molecular weight is 328 g/mol. The van der Waals surface area contributed by atoms with Crippen molar-refractivity contribution in [2.45, 2.75) is 38.7 Å². The number of aromatic nitrogens is 1. The van der Waals surface area contributed by atoms with Crippen molar-refractivity contribution in [3.05, 3.63) is 30.1 Å². The van der Waals surface area contributed by atoms with Gasteiger partial charge in [0.25, 0.3) is 6.47 Å². The first-order valence-electron chi connectivity index (χ1n) is 6.75. The zero-order chi connectivity index (χ0) is 16.5. The molecule has 8 nitrogen and oxygen atoms in total. The van der Waals surface area contributed by atoms with E-state index in [0.717, 1.165) is 0 Å². The first kappa shape index (κ1) is 21.0. The standard InChI is InChI=1S/C10H14N2.C4H6O6.CH4/c1-12-7-3-5-10(12)9-4-2-6-11-8-9;5-1-10-4(9)2(6)3(7)8;/h2,4,6,8,10H,3,5,7H2,1H3;1-2,4,6,9H,(H,7,8);1H4/t10-;2-,4-;/m00./s1. The van der Waals surface area contributed by atoms with Gasteiger partial charge in [-0.05, 0) is 38.1 Å². The van der Waals surface area contributed by atoms with Crippen LogP contribution in [-0.4, -0.2) is 63.6 Å². The molecule has 0 amide bonds. The van der Waals surface area contributed by atoms with Crippen molar-refractivity contribution >= 4 is 12.4 Å². The normalized spacial score (nSPS) is 19.5. The van der Waals surface area contributed by atoms with Crippen LogP contribution >= 0.6 is 0 Å². The van der Waals surface area contributed by atoms with E-state index in [-0.39, 0.29) is 13.9 Å². The molecule has 0 bridgehead atoms. The molecule has 1 aromatic rings. The summed E-state index contributed by atoms with van der Waals surface area (Å²) >= 11 is 0. The van der Waals surface area contributed by atoms with E-state index in [1.165, 1.54) is 24.9 Å². The first-order valence-corrected chi connectivity index (χ1v) is 6.75. The summed E-state index contributed by atoms with van der Waals surface area (Å²) in [6.07, 6.45) is 2.31. The van der Waals surface area contributed by atoms with Gasteiger partial charge in [0, 0.05) is 18.4 Å². The van der Waals surface area contributed by atoms with Gasteiger partial charge in [-0.2, -0.15) is 0 Å². The molecule has 1 aliphatic heterocycles. The van der Waals surface area contributed by atoms with E-state index < -0.39 is 18.4 Å². The molecule has 3 atom stereocenters. The molecular weight excluding hydrogens is 304 g/mol. The largest absolute Gasteiger partial charge is 0.479 e. The smallest absolute Gasteiger partial charge is 0.339 e. The number of nitrogens with zero attached hydrogens (tertiary/aromatic N) is 2. The quantitative estimate of drug-likeness (QED) is 0.525. The Labute approximate surface area is 135 Å². The number of carbonyl (C=O) groups is 2. The lowest BCUT2D eigenvalue weighted by atomic mass is 10.1. The minimum absolute atomic E-state index is 0. The van der Waals surface area contributed by atoms with Crippen molar-refractivity contribution in [1.29, 1.82) is 0 Å². The van der Waals surface area contributed by atoms with Gasteiger partial charge >= 0.3 is 5.97 Å². The van der Waals surface area contributed by atoms with Crippen LogP contribution in [0.4, 0.5) is 0 Å². The summed E-state index contributed by atoms with van der Waals surface area (Å²) in [7, 11) is 2.19. The Morgan fingerprint density at radius 1 is 1.52 bits per heavy atom. The van der Waals surface area contributed by atoms with Crippen LogP contribution in [0.2, 0.25) is 0 Å². The number of aliphatic carboxylic acids is 1. The number of aliphatic hydroxyl groups excluding tert-OH is 2. The Balaban J connectivity index is 0.000000412. The summed E-state index contributed by atoms with van der Waals surface area (Å²) in [4.78, 5) is 25.8. The number of pyridine rings is 1. The molecular formula is C15H24N2O6. The highest BCUT2D eigenvalue weighted by molar-refractivity contribution is 5.72. The fraction of sp³-hybridized carbons (Fsp3) is 0.533. The molecule has 2 heterocycles. The highest BCUT2D eigenvalue weighted by atomic mass is 16.6. The average Bonchev–Trinajstić information content (AvgIpc) is 2.94. The van der Waals surface area contributed by atoms with Crippen LogP contribution < -0.4 is 0 Å². The van der Waals surface area contributed by atoms with E-state index in [0.29, 0.717) is 6.04 Å². The first-order chi connectivity index (χ1) is 10.5. The number of likely N-dealkylation sites (tertiary alicyclic amines) is 1. The van der Waals surface area contributed by atoms with Gasteiger partial charge in [0.2, 0.25) is 12.4 Å². The van der Waals surface area contributed by atoms with Gasteiger partial charge in [-0.25, -0.2) is 4.79 Å². The van der Waals surface area contributed by atoms with E-state index in [2.05, 4.69) is 27.7 Å². The zero-order valence-corrected chi connectivity index (χ0v) is 12.2. The number of carbonyl (C=O) groups excluding carboxylic acids is 1. The molecule has 1 aliphatic rings. The van der Waals surface area contributed by atoms with Crippen molar-refractivity contribution in [1.82, 2.24) is 9.88 Å². The fourth-order valence-electron chi connectivity index (χ4n) is 2.16. The molecule has 1 fully saturated rings. The molecule has 23 heavy (non-hydrogen) atoms. The maximum atomic E-state index is 9.81. The third kappa shape index (κ3) is 6.72. The lowest BCUT2D eigenvalue weighted by Crippen LogP contribution is -2.35. The topological polar surface area (TPSA) is 120 Å². The Bertz CT molecular complexity index is 470. The maximum absolute atomic E-state index is 9.81. The summed E-state index contributed by atoms with van der Waals surface area (Å²) in [5.41, 5.74) is 1.36. The number of carboxylic acids is 1. The second-order valence-electron chi connectivity index (χ2n) is 4.83. The molecule has 0 radical (unpaired) electrons. The lowest BCUT2D eigenvalue weighted by molar-refractivity contribution is -0.185. The van der Waals surface area contributed by atoms with Crippen molar-refractivity contribution < 1.29 is 29.6 Å². The predicted molar refractivity (Wildman–Crippen MR) is 82.4 cm³/mol. The molecule has 3 N–H and O–H groups in total. The number of hydrogen-bond donors (Lipinski definition) is 3. The summed E-state index contributed by atoms with van der Waals surface area (Å²) in [6, 6.07) is 4.79. The highest BCUT2D eigenvalue weighted by Crippen LogP contribution is 2.29. The van der Waals surface area contributed by atoms with Crippen molar-refractivity contribution in [2.75, 3.05) is 13.6 Å². The minimum atomic E-state index is -2.09. The van der Waals surface area contributed by atoms with Crippen LogP contribution in [0.25, 0.3) is 0 Å². The Kier molecular flexibility index (Phi) is 9.71. The van der Waals surface area contributed by atoms with Crippen molar-refractivity contribution in [3.8, 4) is 0 Å². The number of carboxylic acid groups (broad SMARTS) is 1. The Morgan fingerprint density at radius 3 is 2.65 bits per heavy atom. The van der Waals surface area contributed by atoms with Crippen LogP contribution in [0.1, 0.15) is 31.9 Å². The molecule has 130 valence electrons. The molecule has 0 saturated carbocycles. The number of rotatable bonds is 5. The van der Waals surface area contributed by atoms with Gasteiger partial charge in [-0.15, -0.1) is 0 Å². The van der Waals surface area contributed by atoms with Crippen LogP contribution in [0.15, 0.2) is 24.5 Å². The van der Waals surface area contributed by atoms with Crippen LogP contribution in [-0.2, 0) is 14.3 Å². The molecule has 0 spiro atoms. The third-order valence-corrected chi connectivity index (χ3v) is 3.31. The molecule has 0 aliphatic carbocycles. The molecule has 8 heteroatoms. The van der Waals surface area contributed by atoms with Crippen LogP contribution in [0, 0.1) is 0 Å². The van der Waals surface area contributed by atoms with E-state index in [1.54, 1.807) is 0 Å². The van der Waals surface area contributed by atoms with Gasteiger partial charge in [-0.3, -0.25) is 14.7 Å². The van der Waals surface area contributed by atoms with Crippen LogP contribution in [0.3, 0.4) is 0 Å². The summed E-state index contributed by atoms with van der Waals surface area (Å²) in [5, 5.41) is 24.8. The molecule has 1 saturated heterocycles. The molecule has 0 unspecified atom stereocenters. The van der Waals surface area contributed by atoms with E-state index in [4.69, 9.17) is 15.3 Å². The van der Waals surface area contributed by atoms with Gasteiger partial charge in [-0.1, -0.05) is 13.5 Å². The zero-order valence-electron chi connectivity index (χ0n) is 12.2. The second-order valence-corrected chi connectivity index (χ2v) is 4.83. The number of aliphatic hydroxyl groups is 2. The molecule has 2 rings (SSSR count). The fourth-order valence-corrected chi connectivity index (χ4v) is 2.16. The minimum Gasteiger partial charge on any atom is -0.479 e. The number of ether oxygens (including phenoxy) is 1. The highest BCUT2D eigenvalue weighted by Gasteiger charge is 2.24. The summed E-state index contributed by atoms with van der Waals surface area (Å²) in [6.45, 7) is 1.07. The third-order valence-electron chi connectivity index (χ3n) is 3.31. The maximum Gasteiger partial charge on any atom is 0.339 e. The summed E-state index contributed by atoms with van der Waals surface area (Å²) < 4.78 is 3.71. The van der Waals surface area contributed by atoms with Crippen molar-refractivity contribution in [2.24, 2.45) is 0 Å². The van der Waals surface area contributed by atoms with E-state index in [9.17, 15) is 9.59 Å². The molecule has 1 aromatic heterocycles. The van der Waals surface area contributed by atoms with Crippen molar-refractivity contribution in [3.63, 3.8) is 0 Å². The molecule has 0 aromatic carbocycles. The van der Waals surface area contributed by atoms with Gasteiger partial charge in [0.15, 0.2) is 0 Å². The van der Waals surface area contributed by atoms with E-state index >= 15 is 0 Å². The number of hydrogen-bond acceptors (Lipinski definition) is 7. The monoisotopic (exact) mass is 328 g/mol. The van der Waals surface area contributed by atoms with Crippen LogP contribution in [0.5, 0.6) is 0 Å². The van der Waals surface area contributed by atoms with Gasteiger partial charge in [0.1, 0.15) is 0 Å². The van der Waals surface area contributed by atoms with E-state index in [1.807, 2.05) is 18.5 Å². The van der Waals surface area contributed by atoms with Gasteiger partial charge < -0.3 is 20.1 Å². The van der Waals surface area contributed by atoms with Gasteiger partial charge in [0.05, 0.1) is 0 Å². The predicted octanol–water partition coefficient (Wildman–Crippen LogP) is 0.408. The lowest BCUT2D eigenvalue weighted by Gasteiger charge is -2.18. The summed E-state index contributed by atoms with van der Waals surface area (Å²) in [5.74, 6) is -1.66. The Morgan fingerprint density at radius 2 is 2.22 bits per heavy atom. The second kappa shape index (κ2) is 10.7.